The molecule has 0 aliphatic heterocycles. The minimum absolute atomic E-state index is 0.375. The highest BCUT2D eigenvalue weighted by Crippen LogP contribution is 2.15. The predicted molar refractivity (Wildman–Crippen MR) is 56.1 cm³/mol. The number of hydrogen-bond donors (Lipinski definition) is 0. The van der Waals surface area contributed by atoms with Crippen molar-refractivity contribution in [3.05, 3.63) is 37.2 Å². The zero-order valence-electron chi connectivity index (χ0n) is 7.68. The smallest absolute Gasteiger partial charge is 0.330 e. The molecule has 1 aromatic rings. The molecule has 0 bridgehead atoms. The van der Waals surface area contributed by atoms with Gasteiger partial charge in [-0.2, -0.15) is 0 Å². The molecule has 0 saturated heterocycles. The first-order chi connectivity index (χ1) is 6.83. The van der Waals surface area contributed by atoms with E-state index in [0.29, 0.717) is 6.61 Å². The molecule has 1 aromatic heterocycles. The van der Waals surface area contributed by atoms with Gasteiger partial charge in [-0.15, -0.1) is 11.8 Å². The Morgan fingerprint density at radius 1 is 1.57 bits per heavy atom. The number of carbonyl (C=O) groups excluding carboxylic acids is 1. The van der Waals surface area contributed by atoms with Crippen molar-refractivity contribution >= 4 is 17.7 Å². The van der Waals surface area contributed by atoms with Crippen LogP contribution in [0, 0.1) is 0 Å². The van der Waals surface area contributed by atoms with Gasteiger partial charge in [0, 0.05) is 29.1 Å². The van der Waals surface area contributed by atoms with Gasteiger partial charge in [0.15, 0.2) is 0 Å². The summed E-state index contributed by atoms with van der Waals surface area (Å²) in [6.45, 7) is 3.71. The van der Waals surface area contributed by atoms with Crippen LogP contribution in [0.2, 0.25) is 0 Å². The van der Waals surface area contributed by atoms with Crippen molar-refractivity contribution in [1.29, 1.82) is 0 Å². The first-order valence-electron chi connectivity index (χ1n) is 4.15. The molecule has 3 nitrogen and oxygen atoms in total. The Hall–Kier alpha value is -1.29. The van der Waals surface area contributed by atoms with Crippen LogP contribution in [0.15, 0.2) is 42.1 Å². The highest BCUT2D eigenvalue weighted by atomic mass is 32.2. The molecule has 0 aromatic carbocycles. The van der Waals surface area contributed by atoms with Gasteiger partial charge in [0.2, 0.25) is 0 Å². The average Bonchev–Trinajstić information content (AvgIpc) is 2.25. The number of thioether (sulfide) groups is 1. The summed E-state index contributed by atoms with van der Waals surface area (Å²) in [4.78, 5) is 15.7. The van der Waals surface area contributed by atoms with Crippen LogP contribution in [0.4, 0.5) is 0 Å². The van der Waals surface area contributed by atoms with Crippen LogP contribution in [-0.2, 0) is 9.53 Å². The van der Waals surface area contributed by atoms with E-state index in [9.17, 15) is 4.79 Å². The molecular formula is C10H11NO2S. The molecule has 1 rings (SSSR count). The summed E-state index contributed by atoms with van der Waals surface area (Å²) >= 11 is 1.62. The molecule has 0 aliphatic rings. The lowest BCUT2D eigenvalue weighted by molar-refractivity contribution is -0.137. The number of pyridine rings is 1. The van der Waals surface area contributed by atoms with Crippen LogP contribution in [0.3, 0.4) is 0 Å². The molecular weight excluding hydrogens is 198 g/mol. The van der Waals surface area contributed by atoms with Gasteiger partial charge < -0.3 is 4.74 Å². The monoisotopic (exact) mass is 209 g/mol. The summed E-state index contributed by atoms with van der Waals surface area (Å²) in [7, 11) is 0. The molecule has 14 heavy (non-hydrogen) atoms. The Bertz CT molecular complexity index is 300. The zero-order chi connectivity index (χ0) is 10.2. The first kappa shape index (κ1) is 10.8. The predicted octanol–water partition coefficient (Wildman–Crippen LogP) is 1.90. The van der Waals surface area contributed by atoms with Crippen LogP contribution in [0.25, 0.3) is 0 Å². The van der Waals surface area contributed by atoms with Crippen LogP contribution < -0.4 is 0 Å². The second kappa shape index (κ2) is 6.21. The topological polar surface area (TPSA) is 39.2 Å². The lowest BCUT2D eigenvalue weighted by atomic mass is 10.5. The van der Waals surface area contributed by atoms with Crippen LogP contribution in [0.1, 0.15) is 0 Å². The molecule has 0 radical (unpaired) electrons. The van der Waals surface area contributed by atoms with Gasteiger partial charge in [0.25, 0.3) is 0 Å². The maximum atomic E-state index is 10.7. The Morgan fingerprint density at radius 2 is 2.29 bits per heavy atom. The molecule has 0 N–H and O–H groups in total. The van der Waals surface area contributed by atoms with Gasteiger partial charge in [0.1, 0.15) is 6.61 Å². The number of esters is 1. The second-order valence-corrected chi connectivity index (χ2v) is 3.57. The Kier molecular flexibility index (Phi) is 4.78. The van der Waals surface area contributed by atoms with Crippen molar-refractivity contribution in [3.8, 4) is 0 Å². The summed E-state index contributed by atoms with van der Waals surface area (Å²) in [5, 5.41) is 0. The number of nitrogens with zero attached hydrogens (tertiary/aromatic N) is 1. The third-order valence-corrected chi connectivity index (χ3v) is 2.39. The van der Waals surface area contributed by atoms with E-state index in [4.69, 9.17) is 4.74 Å². The van der Waals surface area contributed by atoms with Crippen LogP contribution in [-0.4, -0.2) is 23.3 Å². The van der Waals surface area contributed by atoms with E-state index in [2.05, 4.69) is 11.6 Å². The van der Waals surface area contributed by atoms with E-state index in [1.807, 2.05) is 12.1 Å². The van der Waals surface area contributed by atoms with Gasteiger partial charge in [-0.3, -0.25) is 4.98 Å². The van der Waals surface area contributed by atoms with E-state index in [-0.39, 0.29) is 5.97 Å². The number of carbonyl (C=O) groups is 1. The summed E-state index contributed by atoms with van der Waals surface area (Å²) in [5.41, 5.74) is 0. The fourth-order valence-corrected chi connectivity index (χ4v) is 1.51. The van der Waals surface area contributed by atoms with E-state index in [0.717, 1.165) is 16.7 Å². The maximum absolute atomic E-state index is 10.7. The lowest BCUT2D eigenvalue weighted by Gasteiger charge is -2.01. The Labute approximate surface area is 87.2 Å². The third kappa shape index (κ3) is 4.09. The summed E-state index contributed by atoms with van der Waals surface area (Å²) < 4.78 is 4.82. The van der Waals surface area contributed by atoms with Crippen LogP contribution in [0.5, 0.6) is 0 Å². The highest BCUT2D eigenvalue weighted by molar-refractivity contribution is 7.99. The SMILES string of the molecule is C=CC(=O)OCCSc1ccncc1. The Morgan fingerprint density at radius 3 is 2.93 bits per heavy atom. The summed E-state index contributed by atoms with van der Waals surface area (Å²) in [5.74, 6) is 0.365. The molecule has 0 amide bonds. The molecule has 0 aliphatic carbocycles. The third-order valence-electron chi connectivity index (χ3n) is 1.41. The van der Waals surface area contributed by atoms with Gasteiger partial charge in [-0.25, -0.2) is 4.79 Å². The Balaban J connectivity index is 2.16. The maximum Gasteiger partial charge on any atom is 0.330 e. The van der Waals surface area contributed by atoms with Crippen molar-refractivity contribution in [2.24, 2.45) is 0 Å². The molecule has 0 saturated carbocycles. The van der Waals surface area contributed by atoms with Gasteiger partial charge >= 0.3 is 5.97 Å². The molecule has 1 heterocycles. The minimum atomic E-state index is -0.375. The normalized spacial score (nSPS) is 9.43. The van der Waals surface area contributed by atoms with Crippen molar-refractivity contribution in [1.82, 2.24) is 4.98 Å². The lowest BCUT2D eigenvalue weighted by Crippen LogP contribution is -2.03. The fraction of sp³-hybridized carbons (Fsp3) is 0.200. The zero-order valence-corrected chi connectivity index (χ0v) is 8.50. The highest BCUT2D eigenvalue weighted by Gasteiger charge is 1.96. The number of rotatable bonds is 5. The first-order valence-corrected chi connectivity index (χ1v) is 5.13. The van der Waals surface area contributed by atoms with Gasteiger partial charge in [-0.1, -0.05) is 6.58 Å². The van der Waals surface area contributed by atoms with Crippen molar-refractivity contribution in [3.63, 3.8) is 0 Å². The number of aromatic nitrogens is 1. The van der Waals surface area contributed by atoms with Gasteiger partial charge in [0.05, 0.1) is 0 Å². The molecule has 0 unspecified atom stereocenters. The average molecular weight is 209 g/mol. The van der Waals surface area contributed by atoms with E-state index in [1.54, 1.807) is 24.2 Å². The van der Waals surface area contributed by atoms with Gasteiger partial charge in [-0.05, 0) is 12.1 Å². The molecule has 0 atom stereocenters. The van der Waals surface area contributed by atoms with Crippen LogP contribution >= 0.6 is 11.8 Å². The molecule has 4 heteroatoms. The minimum Gasteiger partial charge on any atom is -0.462 e. The fourth-order valence-electron chi connectivity index (χ4n) is 0.795. The quantitative estimate of drug-likeness (QED) is 0.321. The standard InChI is InChI=1S/C10H11NO2S/c1-2-10(12)13-7-8-14-9-3-5-11-6-4-9/h2-6H,1,7-8H2. The molecule has 0 spiro atoms. The largest absolute Gasteiger partial charge is 0.462 e. The summed E-state index contributed by atoms with van der Waals surface area (Å²) in [6, 6.07) is 3.83. The van der Waals surface area contributed by atoms with E-state index < -0.39 is 0 Å². The van der Waals surface area contributed by atoms with E-state index >= 15 is 0 Å². The van der Waals surface area contributed by atoms with Crippen molar-refractivity contribution < 1.29 is 9.53 Å². The van der Waals surface area contributed by atoms with E-state index in [1.165, 1.54) is 0 Å². The summed E-state index contributed by atoms with van der Waals surface area (Å²) in [6.07, 6.45) is 4.63. The number of ether oxygens (including phenoxy) is 1. The molecule has 0 fully saturated rings. The van der Waals surface area contributed by atoms with Crippen molar-refractivity contribution in [2.45, 2.75) is 4.90 Å². The number of hydrogen-bond acceptors (Lipinski definition) is 4. The molecule has 74 valence electrons. The van der Waals surface area contributed by atoms with Crippen molar-refractivity contribution in [2.75, 3.05) is 12.4 Å². The second-order valence-electron chi connectivity index (χ2n) is 2.40.